The summed E-state index contributed by atoms with van der Waals surface area (Å²) < 4.78 is 16.3. The number of amides is 1. The second-order valence-corrected chi connectivity index (χ2v) is 8.61. The SMILES string of the molecule is Cc1ccc(NC[C@@H]2CCCN2C(=O)c2c(-c3ccccc3F)nc3sccn23)nc1. The number of rotatable bonds is 5. The Hall–Kier alpha value is -3.26. The molecule has 3 aromatic heterocycles. The summed E-state index contributed by atoms with van der Waals surface area (Å²) in [4.78, 5) is 25.2. The molecule has 1 aromatic carbocycles. The first kappa shape index (κ1) is 19.7. The number of benzene rings is 1. The van der Waals surface area contributed by atoms with Crippen LogP contribution in [0.25, 0.3) is 16.2 Å². The van der Waals surface area contributed by atoms with E-state index in [1.165, 1.54) is 17.4 Å². The van der Waals surface area contributed by atoms with Crippen LogP contribution < -0.4 is 5.32 Å². The number of nitrogens with zero attached hydrogens (tertiary/aromatic N) is 4. The molecule has 1 saturated heterocycles. The molecule has 4 aromatic rings. The lowest BCUT2D eigenvalue weighted by Crippen LogP contribution is -2.40. The largest absolute Gasteiger partial charge is 0.368 e. The van der Waals surface area contributed by atoms with Gasteiger partial charge in [-0.2, -0.15) is 0 Å². The molecule has 158 valence electrons. The fraction of sp³-hybridized carbons (Fsp3) is 0.261. The Labute approximate surface area is 183 Å². The van der Waals surface area contributed by atoms with Crippen LogP contribution in [0.3, 0.4) is 0 Å². The summed E-state index contributed by atoms with van der Waals surface area (Å²) in [5.74, 6) is 0.291. The highest BCUT2D eigenvalue weighted by molar-refractivity contribution is 7.15. The number of fused-ring (bicyclic) bond motifs is 1. The number of carbonyl (C=O) groups excluding carboxylic acids is 1. The molecule has 6 nitrogen and oxygen atoms in total. The molecule has 31 heavy (non-hydrogen) atoms. The first-order valence-electron chi connectivity index (χ1n) is 10.3. The Balaban J connectivity index is 1.45. The monoisotopic (exact) mass is 435 g/mol. The molecule has 1 amide bonds. The van der Waals surface area contributed by atoms with E-state index < -0.39 is 0 Å². The summed E-state index contributed by atoms with van der Waals surface area (Å²) in [5, 5.41) is 5.23. The van der Waals surface area contributed by atoms with Gasteiger partial charge in [0.25, 0.3) is 5.91 Å². The van der Waals surface area contributed by atoms with Gasteiger partial charge in [-0.25, -0.2) is 14.4 Å². The number of likely N-dealkylation sites (tertiary alicyclic amines) is 1. The van der Waals surface area contributed by atoms with Crippen LogP contribution in [0.1, 0.15) is 28.9 Å². The van der Waals surface area contributed by atoms with E-state index in [0.29, 0.717) is 35.0 Å². The molecule has 5 rings (SSSR count). The van der Waals surface area contributed by atoms with Crippen molar-refractivity contribution in [1.82, 2.24) is 19.3 Å². The number of anilines is 1. The lowest BCUT2D eigenvalue weighted by Gasteiger charge is -2.25. The van der Waals surface area contributed by atoms with Crippen molar-refractivity contribution in [2.45, 2.75) is 25.8 Å². The van der Waals surface area contributed by atoms with Crippen molar-refractivity contribution in [2.75, 3.05) is 18.4 Å². The van der Waals surface area contributed by atoms with E-state index in [1.54, 1.807) is 22.6 Å². The van der Waals surface area contributed by atoms with Gasteiger partial charge in [0.1, 0.15) is 23.0 Å². The molecule has 0 aliphatic carbocycles. The average Bonchev–Trinajstić information content (AvgIpc) is 3.49. The topological polar surface area (TPSA) is 62.5 Å². The molecule has 0 unspecified atom stereocenters. The van der Waals surface area contributed by atoms with Crippen LogP contribution in [0, 0.1) is 12.7 Å². The second-order valence-electron chi connectivity index (χ2n) is 7.74. The lowest BCUT2D eigenvalue weighted by molar-refractivity contribution is 0.0737. The van der Waals surface area contributed by atoms with E-state index in [1.807, 2.05) is 41.7 Å². The maximum absolute atomic E-state index is 14.6. The van der Waals surface area contributed by atoms with Gasteiger partial charge < -0.3 is 10.2 Å². The summed E-state index contributed by atoms with van der Waals surface area (Å²) in [5.41, 5.74) is 2.26. The number of pyridine rings is 1. The van der Waals surface area contributed by atoms with E-state index in [4.69, 9.17) is 0 Å². The molecule has 0 saturated carbocycles. The molecule has 1 aliphatic rings. The summed E-state index contributed by atoms with van der Waals surface area (Å²) in [6.45, 7) is 3.28. The Kier molecular flexibility index (Phi) is 5.15. The second kappa shape index (κ2) is 8.11. The minimum atomic E-state index is -0.382. The van der Waals surface area contributed by atoms with Crippen LogP contribution in [0.5, 0.6) is 0 Å². The predicted octanol–water partition coefficient (Wildman–Crippen LogP) is 4.62. The molecule has 4 heterocycles. The summed E-state index contributed by atoms with van der Waals surface area (Å²) >= 11 is 1.43. The number of nitrogens with one attached hydrogen (secondary N) is 1. The van der Waals surface area contributed by atoms with E-state index in [0.717, 1.165) is 24.2 Å². The van der Waals surface area contributed by atoms with Gasteiger partial charge in [0.05, 0.1) is 0 Å². The first-order valence-corrected chi connectivity index (χ1v) is 11.2. The van der Waals surface area contributed by atoms with E-state index in [9.17, 15) is 9.18 Å². The highest BCUT2D eigenvalue weighted by Gasteiger charge is 2.33. The van der Waals surface area contributed by atoms with Crippen molar-refractivity contribution >= 4 is 28.0 Å². The molecule has 0 radical (unpaired) electrons. The minimum absolute atomic E-state index is 0.0354. The number of halogens is 1. The van der Waals surface area contributed by atoms with Crippen molar-refractivity contribution in [3.8, 4) is 11.3 Å². The molecule has 1 N–H and O–H groups in total. The zero-order valence-corrected chi connectivity index (χ0v) is 17.9. The van der Waals surface area contributed by atoms with Gasteiger partial charge >= 0.3 is 0 Å². The van der Waals surface area contributed by atoms with Gasteiger partial charge in [-0.1, -0.05) is 18.2 Å². The number of thiazole rings is 1. The van der Waals surface area contributed by atoms with E-state index in [-0.39, 0.29) is 17.8 Å². The Morgan fingerprint density at radius 1 is 1.29 bits per heavy atom. The van der Waals surface area contributed by atoms with E-state index in [2.05, 4.69) is 15.3 Å². The molecule has 8 heteroatoms. The van der Waals surface area contributed by atoms with Crippen LogP contribution in [-0.2, 0) is 0 Å². The number of hydrogen-bond acceptors (Lipinski definition) is 5. The molecule has 1 aliphatic heterocycles. The third kappa shape index (κ3) is 3.67. The molecule has 1 fully saturated rings. The summed E-state index contributed by atoms with van der Waals surface area (Å²) in [6, 6.07) is 10.5. The van der Waals surface area contributed by atoms with Crippen LogP contribution in [-0.4, -0.2) is 44.3 Å². The van der Waals surface area contributed by atoms with Gasteiger partial charge in [0.2, 0.25) is 0 Å². The zero-order chi connectivity index (χ0) is 21.4. The molecule has 1 atom stereocenters. The van der Waals surface area contributed by atoms with Crippen molar-refractivity contribution in [1.29, 1.82) is 0 Å². The highest BCUT2D eigenvalue weighted by atomic mass is 32.1. The summed E-state index contributed by atoms with van der Waals surface area (Å²) in [7, 11) is 0. The molecular weight excluding hydrogens is 413 g/mol. The van der Waals surface area contributed by atoms with Crippen molar-refractivity contribution in [3.63, 3.8) is 0 Å². The minimum Gasteiger partial charge on any atom is -0.368 e. The number of carbonyl (C=O) groups is 1. The normalized spacial score (nSPS) is 16.2. The molecular formula is C23H22FN5OS. The fourth-order valence-corrected chi connectivity index (χ4v) is 4.79. The lowest BCUT2D eigenvalue weighted by atomic mass is 10.1. The molecule has 0 bridgehead atoms. The fourth-order valence-electron chi connectivity index (χ4n) is 4.08. The Bertz CT molecular complexity index is 1230. The Morgan fingerprint density at radius 2 is 2.16 bits per heavy atom. The Morgan fingerprint density at radius 3 is 2.97 bits per heavy atom. The van der Waals surface area contributed by atoms with Crippen LogP contribution >= 0.6 is 11.3 Å². The average molecular weight is 436 g/mol. The smallest absolute Gasteiger partial charge is 0.273 e. The quantitative estimate of drug-likeness (QED) is 0.497. The van der Waals surface area contributed by atoms with Crippen molar-refractivity contribution in [3.05, 3.63) is 71.2 Å². The third-order valence-corrected chi connectivity index (χ3v) is 6.42. The number of aromatic nitrogens is 3. The van der Waals surface area contributed by atoms with Gasteiger partial charge in [-0.05, 0) is 43.5 Å². The van der Waals surface area contributed by atoms with Crippen molar-refractivity contribution in [2.24, 2.45) is 0 Å². The number of aryl methyl sites for hydroxylation is 1. The van der Waals surface area contributed by atoms with Crippen LogP contribution in [0.4, 0.5) is 10.2 Å². The number of hydrogen-bond donors (Lipinski definition) is 1. The standard InChI is InChI=1S/C23H22FN5OS/c1-15-8-9-19(25-13-15)26-14-16-5-4-10-28(16)22(30)21-20(17-6-2-3-7-18(17)24)27-23-29(21)11-12-31-23/h2-3,6-9,11-13,16H,4-5,10,14H2,1H3,(H,25,26)/t16-/m0/s1. The third-order valence-electron chi connectivity index (χ3n) is 5.66. The van der Waals surface area contributed by atoms with Crippen molar-refractivity contribution < 1.29 is 9.18 Å². The van der Waals surface area contributed by atoms with Gasteiger partial charge in [-0.3, -0.25) is 9.20 Å². The number of imidazole rings is 1. The maximum atomic E-state index is 14.6. The van der Waals surface area contributed by atoms with Crippen LogP contribution in [0.2, 0.25) is 0 Å². The van der Waals surface area contributed by atoms with Crippen LogP contribution in [0.15, 0.2) is 54.2 Å². The summed E-state index contributed by atoms with van der Waals surface area (Å²) in [6.07, 6.45) is 5.48. The van der Waals surface area contributed by atoms with Gasteiger partial charge in [0, 0.05) is 42.5 Å². The van der Waals surface area contributed by atoms with Gasteiger partial charge in [0.15, 0.2) is 4.96 Å². The first-order chi connectivity index (χ1) is 15.1. The zero-order valence-electron chi connectivity index (χ0n) is 17.1. The maximum Gasteiger partial charge on any atom is 0.273 e. The molecule has 0 spiro atoms. The van der Waals surface area contributed by atoms with Gasteiger partial charge in [-0.15, -0.1) is 11.3 Å². The highest BCUT2D eigenvalue weighted by Crippen LogP contribution is 2.31. The van der Waals surface area contributed by atoms with E-state index >= 15 is 0 Å². The predicted molar refractivity (Wildman–Crippen MR) is 120 cm³/mol.